The summed E-state index contributed by atoms with van der Waals surface area (Å²) < 4.78 is 33.5. The molecule has 0 aliphatic carbocycles. The fourth-order valence-electron chi connectivity index (χ4n) is 4.25. The molecule has 2 fully saturated rings. The van der Waals surface area contributed by atoms with Crippen molar-refractivity contribution in [3.05, 3.63) is 42.7 Å². The number of carbonyl (C=O) groups excluding carboxylic acids is 1. The summed E-state index contributed by atoms with van der Waals surface area (Å²) in [6.45, 7) is 0.936. The van der Waals surface area contributed by atoms with E-state index in [-0.39, 0.29) is 39.4 Å². The largest absolute Gasteiger partial charge is 0.381 e. The van der Waals surface area contributed by atoms with Crippen LogP contribution in [-0.2, 0) is 19.6 Å². The first kappa shape index (κ1) is 23.3. The van der Waals surface area contributed by atoms with E-state index < -0.39 is 20.7 Å². The Kier molecular flexibility index (Phi) is 7.10. The monoisotopic (exact) mass is 451 g/mol. The van der Waals surface area contributed by atoms with Crippen LogP contribution in [0.4, 0.5) is 0 Å². The lowest BCUT2D eigenvalue weighted by atomic mass is 9.94. The first-order valence-electron chi connectivity index (χ1n) is 9.94. The number of hydrogen-bond acceptors (Lipinski definition) is 7. The van der Waals surface area contributed by atoms with Crippen molar-refractivity contribution in [2.24, 2.45) is 0 Å². The lowest BCUT2D eigenvalue weighted by Gasteiger charge is -2.40. The number of hydrogen-bond donors (Lipinski definition) is 2. The predicted molar refractivity (Wildman–Crippen MR) is 113 cm³/mol. The van der Waals surface area contributed by atoms with Gasteiger partial charge >= 0.3 is 0 Å². The number of aromatic nitrogens is 3. The standard InChI is InChI=1S/C19H25N5O5S.CH4/c25-18(22-26)19(5-11-29-12-6-19)30(27,28)24-8-3-15(4-9-24)17-2-1-16(13-21-17)23-10-7-20-14-23;/h1-2,7,10,13-15,26H,3-6,8-9,11-12H2,(H,22,25);1H4. The number of nitrogens with zero attached hydrogens (tertiary/aromatic N) is 4. The highest BCUT2D eigenvalue weighted by Gasteiger charge is 2.54. The van der Waals surface area contributed by atoms with E-state index in [1.807, 2.05) is 22.9 Å². The zero-order valence-corrected chi connectivity index (χ0v) is 17.3. The fourth-order valence-corrected chi connectivity index (χ4v) is 6.40. The third kappa shape index (κ3) is 4.22. The van der Waals surface area contributed by atoms with E-state index in [2.05, 4.69) is 9.97 Å². The minimum Gasteiger partial charge on any atom is -0.381 e. The molecule has 2 aliphatic heterocycles. The Hall–Kier alpha value is -2.34. The molecule has 0 bridgehead atoms. The van der Waals surface area contributed by atoms with Crippen LogP contribution in [0.15, 0.2) is 37.1 Å². The number of carbonyl (C=O) groups is 1. The molecule has 0 radical (unpaired) electrons. The summed E-state index contributed by atoms with van der Waals surface area (Å²) in [5, 5.41) is 9.16. The van der Waals surface area contributed by atoms with E-state index in [0.717, 1.165) is 11.4 Å². The van der Waals surface area contributed by atoms with Gasteiger partial charge in [0, 0.05) is 63.2 Å². The first-order chi connectivity index (χ1) is 14.5. The maximum absolute atomic E-state index is 13.4. The Morgan fingerprint density at radius 2 is 1.94 bits per heavy atom. The average molecular weight is 452 g/mol. The van der Waals surface area contributed by atoms with Gasteiger partial charge in [-0.05, 0) is 25.0 Å². The quantitative estimate of drug-likeness (QED) is 0.521. The van der Waals surface area contributed by atoms with Crippen LogP contribution in [0.5, 0.6) is 0 Å². The van der Waals surface area contributed by atoms with Gasteiger partial charge in [0.2, 0.25) is 10.0 Å². The van der Waals surface area contributed by atoms with Crippen molar-refractivity contribution in [3.8, 4) is 5.69 Å². The molecule has 2 aromatic rings. The predicted octanol–water partition coefficient (Wildman–Crippen LogP) is 1.47. The molecular weight excluding hydrogens is 422 g/mol. The Labute approximate surface area is 182 Å². The first-order valence-corrected chi connectivity index (χ1v) is 11.4. The molecular formula is C20H29N5O5S. The molecule has 11 heteroatoms. The van der Waals surface area contributed by atoms with Crippen LogP contribution < -0.4 is 5.48 Å². The number of nitrogens with one attached hydrogen (secondary N) is 1. The Bertz CT molecular complexity index is 964. The molecule has 2 saturated heterocycles. The number of sulfonamides is 1. The average Bonchev–Trinajstić information content (AvgIpc) is 3.34. The summed E-state index contributed by atoms with van der Waals surface area (Å²) in [6.07, 6.45) is 8.31. The smallest absolute Gasteiger partial charge is 0.266 e. The van der Waals surface area contributed by atoms with E-state index in [1.165, 1.54) is 4.31 Å². The zero-order valence-electron chi connectivity index (χ0n) is 16.5. The van der Waals surface area contributed by atoms with Gasteiger partial charge in [-0.25, -0.2) is 23.2 Å². The van der Waals surface area contributed by atoms with Gasteiger partial charge in [-0.3, -0.25) is 15.0 Å². The summed E-state index contributed by atoms with van der Waals surface area (Å²) >= 11 is 0. The molecule has 0 aromatic carbocycles. The molecule has 0 spiro atoms. The molecule has 170 valence electrons. The van der Waals surface area contributed by atoms with Crippen molar-refractivity contribution >= 4 is 15.9 Å². The van der Waals surface area contributed by atoms with Gasteiger partial charge in [0.05, 0.1) is 18.2 Å². The van der Waals surface area contributed by atoms with Crippen LogP contribution >= 0.6 is 0 Å². The highest BCUT2D eigenvalue weighted by atomic mass is 32.2. The van der Waals surface area contributed by atoms with Crippen LogP contribution in [0.1, 0.15) is 44.7 Å². The summed E-state index contributed by atoms with van der Waals surface area (Å²) in [5.41, 5.74) is 3.39. The van der Waals surface area contributed by atoms with Crippen molar-refractivity contribution in [2.45, 2.75) is 43.8 Å². The molecule has 0 saturated carbocycles. The highest BCUT2D eigenvalue weighted by Crippen LogP contribution is 2.36. The molecule has 2 N–H and O–H groups in total. The van der Waals surface area contributed by atoms with E-state index in [4.69, 9.17) is 9.94 Å². The number of ether oxygens (including phenoxy) is 1. The van der Waals surface area contributed by atoms with Gasteiger partial charge in [-0.15, -0.1) is 0 Å². The number of hydroxylamine groups is 1. The maximum atomic E-state index is 13.4. The molecule has 2 aliphatic rings. The maximum Gasteiger partial charge on any atom is 0.266 e. The van der Waals surface area contributed by atoms with Crippen molar-refractivity contribution in [1.29, 1.82) is 0 Å². The lowest BCUT2D eigenvalue weighted by Crippen LogP contribution is -2.60. The third-order valence-corrected chi connectivity index (χ3v) is 8.72. The van der Waals surface area contributed by atoms with Crippen LogP contribution in [-0.4, -0.2) is 69.4 Å². The van der Waals surface area contributed by atoms with E-state index >= 15 is 0 Å². The molecule has 0 unspecified atom stereocenters. The van der Waals surface area contributed by atoms with Gasteiger partial charge in [0.15, 0.2) is 4.75 Å². The Balaban J connectivity index is 0.00000272. The van der Waals surface area contributed by atoms with E-state index in [1.54, 1.807) is 24.2 Å². The van der Waals surface area contributed by atoms with Gasteiger partial charge in [0.1, 0.15) is 0 Å². The lowest BCUT2D eigenvalue weighted by molar-refractivity contribution is -0.134. The van der Waals surface area contributed by atoms with Gasteiger partial charge < -0.3 is 9.30 Å². The second-order valence-corrected chi connectivity index (χ2v) is 9.89. The van der Waals surface area contributed by atoms with Crippen LogP contribution in [0.2, 0.25) is 0 Å². The van der Waals surface area contributed by atoms with Crippen molar-refractivity contribution in [3.63, 3.8) is 0 Å². The molecule has 0 atom stereocenters. The second-order valence-electron chi connectivity index (χ2n) is 7.64. The third-order valence-electron chi connectivity index (χ3n) is 6.10. The molecule has 4 rings (SSSR count). The van der Waals surface area contributed by atoms with E-state index in [0.29, 0.717) is 25.9 Å². The van der Waals surface area contributed by atoms with Gasteiger partial charge in [0.25, 0.3) is 5.91 Å². The number of piperidine rings is 1. The summed E-state index contributed by atoms with van der Waals surface area (Å²) in [6, 6.07) is 3.93. The summed E-state index contributed by atoms with van der Waals surface area (Å²) in [4.78, 5) is 20.9. The van der Waals surface area contributed by atoms with Crippen LogP contribution in [0.25, 0.3) is 5.69 Å². The molecule has 2 aromatic heterocycles. The normalized spacial score (nSPS) is 20.0. The summed E-state index contributed by atoms with van der Waals surface area (Å²) in [7, 11) is -3.95. The second kappa shape index (κ2) is 9.43. The molecule has 10 nitrogen and oxygen atoms in total. The minimum absolute atomic E-state index is 0. The number of pyridine rings is 1. The van der Waals surface area contributed by atoms with E-state index in [9.17, 15) is 13.2 Å². The minimum atomic E-state index is -3.95. The van der Waals surface area contributed by atoms with Crippen molar-refractivity contribution in [1.82, 2.24) is 24.3 Å². The van der Waals surface area contributed by atoms with Crippen molar-refractivity contribution < 1.29 is 23.2 Å². The van der Waals surface area contributed by atoms with Gasteiger partial charge in [-0.1, -0.05) is 7.43 Å². The topological polar surface area (TPSA) is 127 Å². The van der Waals surface area contributed by atoms with Crippen LogP contribution in [0.3, 0.4) is 0 Å². The number of amides is 1. The molecule has 31 heavy (non-hydrogen) atoms. The van der Waals surface area contributed by atoms with Gasteiger partial charge in [-0.2, -0.15) is 0 Å². The fraction of sp³-hybridized carbons (Fsp3) is 0.550. The SMILES string of the molecule is C.O=C(NO)C1(S(=O)(=O)N2CCC(c3ccc(-n4ccnc4)cn3)CC2)CCOCC1. The molecule has 4 heterocycles. The number of rotatable bonds is 5. The van der Waals surface area contributed by atoms with Crippen molar-refractivity contribution in [2.75, 3.05) is 26.3 Å². The Morgan fingerprint density at radius 3 is 2.48 bits per heavy atom. The molecule has 1 amide bonds. The van der Waals surface area contributed by atoms with Crippen LogP contribution in [0, 0.1) is 0 Å². The zero-order chi connectivity index (χ0) is 21.2. The highest BCUT2D eigenvalue weighted by molar-refractivity contribution is 7.91. The Morgan fingerprint density at radius 1 is 1.23 bits per heavy atom. The number of imidazole rings is 1. The summed E-state index contributed by atoms with van der Waals surface area (Å²) in [5.74, 6) is -0.740.